The van der Waals surface area contributed by atoms with Crippen LogP contribution in [-0.4, -0.2) is 78.2 Å². The molecular weight excluding hydrogens is 722 g/mol. The van der Waals surface area contributed by atoms with Crippen molar-refractivity contribution in [2.45, 2.75) is 38.5 Å². The van der Waals surface area contributed by atoms with E-state index in [-0.39, 0.29) is 22.6 Å². The lowest BCUT2D eigenvalue weighted by Crippen LogP contribution is -2.44. The number of rotatable bonds is 4. The van der Waals surface area contributed by atoms with Crippen LogP contribution in [0.3, 0.4) is 0 Å². The van der Waals surface area contributed by atoms with Crippen molar-refractivity contribution < 1.29 is 19.6 Å². The highest BCUT2D eigenvalue weighted by atomic mass is 35.5. The van der Waals surface area contributed by atoms with Gasteiger partial charge in [-0.25, -0.2) is 0 Å². The van der Waals surface area contributed by atoms with Crippen LogP contribution in [0.25, 0.3) is 11.1 Å². The first kappa shape index (κ1) is 37.9. The molecule has 0 atom stereocenters. The molecule has 2 aromatic heterocycles. The fourth-order valence-corrected chi connectivity index (χ4v) is 8.50. The van der Waals surface area contributed by atoms with Gasteiger partial charge in [0.1, 0.15) is 0 Å². The van der Waals surface area contributed by atoms with E-state index in [1.807, 2.05) is 30.5 Å². The molecule has 272 valence electrons. The Hall–Kier alpha value is -3.87. The molecule has 6 heterocycles. The van der Waals surface area contributed by atoms with Crippen molar-refractivity contribution in [2.24, 2.45) is 10.8 Å². The van der Waals surface area contributed by atoms with E-state index in [2.05, 4.69) is 42.5 Å². The number of anilines is 2. The summed E-state index contributed by atoms with van der Waals surface area (Å²) < 4.78 is 0. The number of hydrogen-bond donors (Lipinski definition) is 4. The fourth-order valence-electron chi connectivity index (χ4n) is 7.61. The molecule has 8 rings (SSSR count). The van der Waals surface area contributed by atoms with Crippen LogP contribution in [0.4, 0.5) is 11.4 Å². The standard InChI is InChI=1S/C19H20ClN3O.C13H15Cl2N3O.C6H7BO2/c20-16-13-21-12-15(14-4-2-1-3-5-14)17(16)23-10-7-19(8-11-23)6-9-22-18(19)24;14-9-7-16-8-10(15)11(9)18-5-2-13(3-6-18)1-4-17-12(13)19;8-7(9)6-4-2-1-3-5-6/h1-5,12-13H,6-11H2,(H,22,24);7-8H,1-6H2,(H,17,19);1-5,8-9H. The van der Waals surface area contributed by atoms with Gasteiger partial charge in [-0.3, -0.25) is 19.6 Å². The molecule has 4 saturated heterocycles. The Morgan fingerprint density at radius 1 is 0.596 bits per heavy atom. The van der Waals surface area contributed by atoms with Crippen molar-refractivity contribution in [3.63, 3.8) is 0 Å². The molecule has 0 saturated carbocycles. The lowest BCUT2D eigenvalue weighted by atomic mass is 9.77. The first-order valence-corrected chi connectivity index (χ1v) is 18.7. The van der Waals surface area contributed by atoms with Crippen molar-refractivity contribution in [1.82, 2.24) is 20.6 Å². The van der Waals surface area contributed by atoms with E-state index in [0.717, 1.165) is 100 Å². The number of hydrogen-bond acceptors (Lipinski definition) is 8. The summed E-state index contributed by atoms with van der Waals surface area (Å²) in [5, 5.41) is 24.9. The lowest BCUT2D eigenvalue weighted by Gasteiger charge is -2.39. The van der Waals surface area contributed by atoms with E-state index in [4.69, 9.17) is 44.9 Å². The number of amides is 2. The summed E-state index contributed by atoms with van der Waals surface area (Å²) >= 11 is 18.9. The van der Waals surface area contributed by atoms with Crippen LogP contribution < -0.4 is 25.9 Å². The average Bonchev–Trinajstić information content (AvgIpc) is 3.70. The van der Waals surface area contributed by atoms with Crippen LogP contribution in [0.5, 0.6) is 0 Å². The van der Waals surface area contributed by atoms with E-state index in [1.165, 1.54) is 0 Å². The molecule has 4 aliphatic heterocycles. The maximum absolute atomic E-state index is 12.2. The molecule has 2 spiro atoms. The van der Waals surface area contributed by atoms with Crippen LogP contribution in [0.1, 0.15) is 38.5 Å². The van der Waals surface area contributed by atoms with Crippen LogP contribution in [0.2, 0.25) is 15.1 Å². The Bertz CT molecular complexity index is 1820. The zero-order valence-electron chi connectivity index (χ0n) is 28.8. The predicted octanol–water partition coefficient (Wildman–Crippen LogP) is 5.37. The van der Waals surface area contributed by atoms with Crippen molar-refractivity contribution in [2.75, 3.05) is 49.1 Å². The monoisotopic (exact) mass is 762 g/mol. The molecule has 4 aromatic rings. The number of nitrogens with zero attached hydrogens (tertiary/aromatic N) is 4. The normalized spacial score (nSPS) is 18.6. The summed E-state index contributed by atoms with van der Waals surface area (Å²) in [7, 11) is -1.34. The van der Waals surface area contributed by atoms with Gasteiger partial charge < -0.3 is 30.5 Å². The summed E-state index contributed by atoms with van der Waals surface area (Å²) in [6.07, 6.45) is 12.2. The van der Waals surface area contributed by atoms with E-state index >= 15 is 0 Å². The fraction of sp³-hybridized carbons (Fsp3) is 0.368. The van der Waals surface area contributed by atoms with Gasteiger partial charge in [-0.15, -0.1) is 0 Å². The molecule has 4 aliphatic rings. The second-order valence-corrected chi connectivity index (χ2v) is 14.9. The largest absolute Gasteiger partial charge is 0.488 e. The Kier molecular flexibility index (Phi) is 12.3. The number of piperidine rings is 2. The third kappa shape index (κ3) is 8.34. The Balaban J connectivity index is 0.000000147. The lowest BCUT2D eigenvalue weighted by molar-refractivity contribution is -0.129. The SMILES string of the molecule is O=C1NCCC12CCN(c1c(Cl)cncc1-c1ccccc1)CC2.O=C1NCCC12CCN(c1c(Cl)cncc1Cl)CC2.OB(O)c1ccccc1. The maximum Gasteiger partial charge on any atom is 0.488 e. The first-order valence-electron chi connectivity index (χ1n) is 17.6. The zero-order chi connectivity index (χ0) is 36.7. The molecule has 14 heteroatoms. The van der Waals surface area contributed by atoms with Gasteiger partial charge in [0.15, 0.2) is 0 Å². The van der Waals surface area contributed by atoms with Gasteiger partial charge in [-0.05, 0) is 49.6 Å². The second-order valence-electron chi connectivity index (χ2n) is 13.7. The van der Waals surface area contributed by atoms with Crippen LogP contribution >= 0.6 is 34.8 Å². The van der Waals surface area contributed by atoms with Crippen molar-refractivity contribution in [1.29, 1.82) is 0 Å². The average molecular weight is 764 g/mol. The van der Waals surface area contributed by atoms with Crippen LogP contribution in [-0.2, 0) is 9.59 Å². The molecular formula is C38H42BCl3N6O4. The minimum Gasteiger partial charge on any atom is -0.423 e. The Morgan fingerprint density at radius 3 is 1.44 bits per heavy atom. The minimum atomic E-state index is -1.34. The molecule has 52 heavy (non-hydrogen) atoms. The number of carbonyl (C=O) groups is 2. The Labute approximate surface area is 319 Å². The molecule has 4 N–H and O–H groups in total. The van der Waals surface area contributed by atoms with Gasteiger partial charge in [0, 0.05) is 69.6 Å². The molecule has 0 unspecified atom stereocenters. The second kappa shape index (κ2) is 16.9. The van der Waals surface area contributed by atoms with Crippen LogP contribution in [0.15, 0.2) is 85.5 Å². The summed E-state index contributed by atoms with van der Waals surface area (Å²) in [5.74, 6) is 0.435. The van der Waals surface area contributed by atoms with Crippen molar-refractivity contribution in [3.05, 3.63) is 101 Å². The van der Waals surface area contributed by atoms with Gasteiger partial charge in [0.25, 0.3) is 0 Å². The van der Waals surface area contributed by atoms with Crippen molar-refractivity contribution in [3.8, 4) is 11.1 Å². The number of halogens is 3. The summed E-state index contributed by atoms with van der Waals surface area (Å²) in [6.45, 7) is 4.90. The zero-order valence-corrected chi connectivity index (χ0v) is 31.0. The molecule has 0 radical (unpaired) electrons. The minimum absolute atomic E-state index is 0.164. The van der Waals surface area contributed by atoms with Gasteiger partial charge in [0.2, 0.25) is 11.8 Å². The van der Waals surface area contributed by atoms with E-state index < -0.39 is 7.12 Å². The third-order valence-corrected chi connectivity index (χ3v) is 11.5. The number of aromatic nitrogens is 2. The number of carbonyl (C=O) groups excluding carboxylic acids is 2. The first-order chi connectivity index (χ1) is 25.1. The number of nitrogens with one attached hydrogen (secondary N) is 2. The molecule has 0 bridgehead atoms. The summed E-state index contributed by atoms with van der Waals surface area (Å²) in [6, 6.07) is 18.9. The Morgan fingerprint density at radius 2 is 1.02 bits per heavy atom. The van der Waals surface area contributed by atoms with Gasteiger partial charge in [-0.1, -0.05) is 95.5 Å². The van der Waals surface area contributed by atoms with E-state index in [0.29, 0.717) is 20.5 Å². The molecule has 10 nitrogen and oxygen atoms in total. The van der Waals surface area contributed by atoms with Gasteiger partial charge in [-0.2, -0.15) is 0 Å². The van der Waals surface area contributed by atoms with Gasteiger partial charge >= 0.3 is 7.12 Å². The molecule has 2 aromatic carbocycles. The predicted molar refractivity (Wildman–Crippen MR) is 208 cm³/mol. The highest BCUT2D eigenvalue weighted by molar-refractivity contribution is 6.58. The van der Waals surface area contributed by atoms with E-state index in [9.17, 15) is 9.59 Å². The number of benzene rings is 2. The number of pyridine rings is 2. The topological polar surface area (TPSA) is 131 Å². The molecule has 2 amide bonds. The highest BCUT2D eigenvalue weighted by Crippen LogP contribution is 2.44. The van der Waals surface area contributed by atoms with Crippen molar-refractivity contribution >= 4 is 70.6 Å². The maximum atomic E-state index is 12.2. The molecule has 4 fully saturated rings. The third-order valence-electron chi connectivity index (χ3n) is 10.7. The quantitative estimate of drug-likeness (QED) is 0.204. The molecule has 0 aliphatic carbocycles. The summed E-state index contributed by atoms with van der Waals surface area (Å²) in [5.41, 5.74) is 4.23. The van der Waals surface area contributed by atoms with Gasteiger partial charge in [0.05, 0.1) is 37.3 Å². The van der Waals surface area contributed by atoms with Crippen LogP contribution in [0, 0.1) is 10.8 Å². The summed E-state index contributed by atoms with van der Waals surface area (Å²) in [4.78, 5) is 36.8. The van der Waals surface area contributed by atoms with E-state index in [1.54, 1.807) is 42.9 Å². The highest BCUT2D eigenvalue weighted by Gasteiger charge is 2.45. The smallest absolute Gasteiger partial charge is 0.423 e.